The first-order valence-corrected chi connectivity index (χ1v) is 11.0. The molecule has 14 N–H and O–H groups in total. The molecular formula is C19H39N7O7. The van der Waals surface area contributed by atoms with E-state index < -0.39 is 61.5 Å². The van der Waals surface area contributed by atoms with Crippen LogP contribution in [0.25, 0.3) is 0 Å². The van der Waals surface area contributed by atoms with Crippen LogP contribution in [0.5, 0.6) is 0 Å². The number of rotatable bonds is 10. The fourth-order valence-corrected chi connectivity index (χ4v) is 3.98. The molecule has 1 aliphatic heterocycles. The van der Waals surface area contributed by atoms with E-state index in [1.54, 1.807) is 0 Å². The highest BCUT2D eigenvalue weighted by Gasteiger charge is 2.46. The second-order valence-electron chi connectivity index (χ2n) is 8.44. The highest BCUT2D eigenvalue weighted by molar-refractivity contribution is 5.84. The Balaban J connectivity index is 2.02. The Labute approximate surface area is 192 Å². The van der Waals surface area contributed by atoms with Crippen LogP contribution in [-0.4, -0.2) is 120 Å². The first-order valence-electron chi connectivity index (χ1n) is 11.0. The lowest BCUT2D eigenvalue weighted by Gasteiger charge is -2.45. The number of amidine groups is 2. The summed E-state index contributed by atoms with van der Waals surface area (Å²) in [5, 5.41) is 49.8. The van der Waals surface area contributed by atoms with Crippen molar-refractivity contribution in [2.24, 2.45) is 27.9 Å². The van der Waals surface area contributed by atoms with E-state index in [-0.39, 0.29) is 37.3 Å². The fourth-order valence-electron chi connectivity index (χ4n) is 3.98. The molecular weight excluding hydrogens is 438 g/mol. The van der Waals surface area contributed by atoms with Gasteiger partial charge in [0.05, 0.1) is 31.3 Å². The van der Waals surface area contributed by atoms with Crippen LogP contribution in [0.1, 0.15) is 19.3 Å². The van der Waals surface area contributed by atoms with Crippen LogP contribution in [0.3, 0.4) is 0 Å². The van der Waals surface area contributed by atoms with Gasteiger partial charge in [0, 0.05) is 19.7 Å². The molecule has 2 fully saturated rings. The summed E-state index contributed by atoms with van der Waals surface area (Å²) in [4.78, 5) is 4.05. The topological polar surface area (TPSA) is 261 Å². The minimum atomic E-state index is -1.24. The average molecular weight is 478 g/mol. The molecule has 6 unspecified atom stereocenters. The maximum absolute atomic E-state index is 10.9. The molecule has 192 valence electrons. The summed E-state index contributed by atoms with van der Waals surface area (Å²) in [6.07, 6.45) is -5.02. The van der Waals surface area contributed by atoms with Crippen LogP contribution in [0, 0.1) is 5.41 Å². The van der Waals surface area contributed by atoms with Crippen molar-refractivity contribution >= 4 is 11.7 Å². The Bertz CT molecular complexity index is 658. The predicted molar refractivity (Wildman–Crippen MR) is 119 cm³/mol. The van der Waals surface area contributed by atoms with Gasteiger partial charge in [-0.1, -0.05) is 0 Å². The van der Waals surface area contributed by atoms with Crippen LogP contribution in [-0.2, 0) is 14.2 Å². The molecule has 0 amide bonds. The zero-order valence-corrected chi connectivity index (χ0v) is 18.8. The first-order chi connectivity index (χ1) is 15.6. The molecule has 0 bridgehead atoms. The van der Waals surface area contributed by atoms with Gasteiger partial charge in [0.15, 0.2) is 6.29 Å². The molecule has 10 atom stereocenters. The predicted octanol–water partition coefficient (Wildman–Crippen LogP) is -4.72. The van der Waals surface area contributed by atoms with Gasteiger partial charge in [-0.3, -0.25) is 10.4 Å². The van der Waals surface area contributed by atoms with Crippen LogP contribution in [0.15, 0.2) is 4.99 Å². The van der Waals surface area contributed by atoms with E-state index in [4.69, 9.17) is 47.7 Å². The SMILES string of the molecule is COC1C(O)C(O[C@H]2O[C@H](CN=C(N)C(O)CO)CCC2N)[C@@H](N)C[C@H]1NC(=N)C(O)CN. The molecule has 1 aliphatic carbocycles. The minimum absolute atomic E-state index is 0.0926. The second kappa shape index (κ2) is 12.9. The van der Waals surface area contributed by atoms with Gasteiger partial charge in [-0.05, 0) is 19.3 Å². The smallest absolute Gasteiger partial charge is 0.173 e. The van der Waals surface area contributed by atoms with Gasteiger partial charge < -0.3 is 62.9 Å². The van der Waals surface area contributed by atoms with Crippen molar-refractivity contribution in [3.63, 3.8) is 0 Å². The third kappa shape index (κ3) is 7.26. The fraction of sp³-hybridized carbons (Fsp3) is 0.895. The van der Waals surface area contributed by atoms with Crippen LogP contribution < -0.4 is 28.3 Å². The van der Waals surface area contributed by atoms with Crippen molar-refractivity contribution in [2.75, 3.05) is 26.8 Å². The number of nitrogens with one attached hydrogen (secondary N) is 2. The van der Waals surface area contributed by atoms with E-state index in [1.807, 2.05) is 0 Å². The Morgan fingerprint density at radius 3 is 2.52 bits per heavy atom. The number of methoxy groups -OCH3 is 1. The van der Waals surface area contributed by atoms with E-state index in [9.17, 15) is 15.3 Å². The first kappa shape index (κ1) is 27.8. The van der Waals surface area contributed by atoms with Gasteiger partial charge in [0.1, 0.15) is 42.2 Å². The summed E-state index contributed by atoms with van der Waals surface area (Å²) in [7, 11) is 1.42. The maximum atomic E-state index is 10.9. The third-order valence-electron chi connectivity index (χ3n) is 5.97. The summed E-state index contributed by atoms with van der Waals surface area (Å²) in [6.45, 7) is -0.508. The number of hydrogen-bond acceptors (Lipinski definition) is 12. The van der Waals surface area contributed by atoms with Crippen LogP contribution in [0.2, 0.25) is 0 Å². The lowest BCUT2D eigenvalue weighted by atomic mass is 9.83. The molecule has 2 aliphatic rings. The maximum Gasteiger partial charge on any atom is 0.173 e. The standard InChI is InChI=1S/C19H39N7O7/c1-31-16-11(26-18(24)12(28)5-20)4-10(22)15(14(16)30)33-19-9(21)3-2-8(32-19)6-25-17(23)13(29)7-27/h8-16,19,27-30H,2-7,20-22H2,1H3,(H2,23,25)(H2,24,26)/t8-,9?,10-,11+,12?,13?,14?,15?,16?,19+/m0/s1. The normalized spacial score (nSPS) is 37.4. The van der Waals surface area contributed by atoms with Gasteiger partial charge in [0.2, 0.25) is 0 Å². The molecule has 0 aromatic heterocycles. The third-order valence-corrected chi connectivity index (χ3v) is 5.97. The van der Waals surface area contributed by atoms with Gasteiger partial charge in [0.25, 0.3) is 0 Å². The molecule has 33 heavy (non-hydrogen) atoms. The average Bonchev–Trinajstić information content (AvgIpc) is 2.80. The van der Waals surface area contributed by atoms with E-state index in [0.717, 1.165) is 0 Å². The number of aliphatic imine (C=N–C) groups is 1. The Morgan fingerprint density at radius 2 is 1.91 bits per heavy atom. The molecule has 1 heterocycles. The Hall–Kier alpha value is -1.46. The molecule has 0 aromatic rings. The lowest BCUT2D eigenvalue weighted by molar-refractivity contribution is -0.253. The summed E-state index contributed by atoms with van der Waals surface area (Å²) in [5.41, 5.74) is 23.5. The number of ether oxygens (including phenoxy) is 3. The van der Waals surface area contributed by atoms with Crippen molar-refractivity contribution in [3.05, 3.63) is 0 Å². The molecule has 14 nitrogen and oxygen atoms in total. The van der Waals surface area contributed by atoms with Gasteiger partial charge in [-0.2, -0.15) is 0 Å². The number of hydrogen-bond donors (Lipinski definition) is 10. The molecule has 1 saturated carbocycles. The van der Waals surface area contributed by atoms with Crippen molar-refractivity contribution in [1.82, 2.24) is 5.32 Å². The van der Waals surface area contributed by atoms with Crippen molar-refractivity contribution < 1.29 is 34.6 Å². The molecule has 0 spiro atoms. The molecule has 0 aromatic carbocycles. The summed E-state index contributed by atoms with van der Waals surface area (Å²) < 4.78 is 17.4. The zero-order chi connectivity index (χ0) is 24.7. The van der Waals surface area contributed by atoms with Crippen molar-refractivity contribution in [2.45, 2.75) is 80.3 Å². The summed E-state index contributed by atoms with van der Waals surface area (Å²) in [5.74, 6) is -0.278. The van der Waals surface area contributed by atoms with E-state index >= 15 is 0 Å². The van der Waals surface area contributed by atoms with E-state index in [0.29, 0.717) is 12.8 Å². The molecule has 1 saturated heterocycles. The zero-order valence-electron chi connectivity index (χ0n) is 18.8. The van der Waals surface area contributed by atoms with Gasteiger partial charge in [-0.25, -0.2) is 0 Å². The van der Waals surface area contributed by atoms with Gasteiger partial charge in [-0.15, -0.1) is 0 Å². The Kier molecular flexibility index (Phi) is 10.8. The highest BCUT2D eigenvalue weighted by atomic mass is 16.7. The molecule has 2 rings (SSSR count). The number of nitrogens with two attached hydrogens (primary N) is 4. The van der Waals surface area contributed by atoms with E-state index in [2.05, 4.69) is 10.3 Å². The summed E-state index contributed by atoms with van der Waals surface area (Å²) in [6, 6.07) is -1.65. The van der Waals surface area contributed by atoms with Crippen molar-refractivity contribution in [3.8, 4) is 0 Å². The highest BCUT2D eigenvalue weighted by Crippen LogP contribution is 2.28. The Morgan fingerprint density at radius 1 is 1.21 bits per heavy atom. The number of aliphatic hydroxyl groups excluding tert-OH is 4. The van der Waals surface area contributed by atoms with Crippen LogP contribution in [0.4, 0.5) is 0 Å². The van der Waals surface area contributed by atoms with Gasteiger partial charge >= 0.3 is 0 Å². The lowest BCUT2D eigenvalue weighted by Crippen LogP contribution is -2.66. The number of nitrogens with zero attached hydrogens (tertiary/aromatic N) is 1. The molecule has 14 heteroatoms. The summed E-state index contributed by atoms with van der Waals surface area (Å²) >= 11 is 0. The largest absolute Gasteiger partial charge is 0.393 e. The monoisotopic (exact) mass is 477 g/mol. The van der Waals surface area contributed by atoms with E-state index in [1.165, 1.54) is 7.11 Å². The van der Waals surface area contributed by atoms with Crippen LogP contribution >= 0.6 is 0 Å². The molecule has 0 radical (unpaired) electrons. The van der Waals surface area contributed by atoms with Crippen molar-refractivity contribution in [1.29, 1.82) is 5.41 Å². The number of aliphatic hydroxyl groups is 4. The quantitative estimate of drug-likeness (QED) is 0.105. The minimum Gasteiger partial charge on any atom is -0.393 e. The second-order valence-corrected chi connectivity index (χ2v) is 8.44.